The second-order valence-electron chi connectivity index (χ2n) is 8.03. The molecule has 1 saturated heterocycles. The molecule has 0 saturated carbocycles. The molecule has 1 aromatic carbocycles. The van der Waals surface area contributed by atoms with Crippen LogP contribution in [0.25, 0.3) is 0 Å². The Hall–Kier alpha value is -2.60. The minimum Gasteiger partial charge on any atom is -0.490 e. The number of carbonyl (C=O) groups is 1. The Balaban J connectivity index is 1.32. The maximum absolute atomic E-state index is 12.9. The molecule has 2 atom stereocenters. The van der Waals surface area contributed by atoms with Gasteiger partial charge in [-0.15, -0.1) is 0 Å². The zero-order chi connectivity index (χ0) is 19.1. The fraction of sp³-hybridized carbons (Fsp3) is 0.455. The van der Waals surface area contributed by atoms with E-state index in [4.69, 9.17) is 9.47 Å². The highest BCUT2D eigenvalue weighted by atomic mass is 16.5. The third-order valence-electron chi connectivity index (χ3n) is 5.99. The molecule has 4 heterocycles. The lowest BCUT2D eigenvalue weighted by molar-refractivity contribution is 0.0817. The highest BCUT2D eigenvalue weighted by Crippen LogP contribution is 2.35. The van der Waals surface area contributed by atoms with E-state index in [9.17, 15) is 9.59 Å². The van der Waals surface area contributed by atoms with Crippen LogP contribution in [-0.2, 0) is 6.54 Å². The maximum Gasteiger partial charge on any atom is 0.250 e. The van der Waals surface area contributed by atoms with Crippen molar-refractivity contribution in [2.75, 3.05) is 32.8 Å². The van der Waals surface area contributed by atoms with Crippen LogP contribution >= 0.6 is 0 Å². The van der Waals surface area contributed by atoms with Gasteiger partial charge in [-0.25, -0.2) is 0 Å². The number of benzene rings is 1. The van der Waals surface area contributed by atoms with Crippen LogP contribution in [0.3, 0.4) is 0 Å². The van der Waals surface area contributed by atoms with Crippen molar-refractivity contribution in [3.8, 4) is 11.5 Å². The normalized spacial score (nSPS) is 23.6. The van der Waals surface area contributed by atoms with Crippen LogP contribution < -0.4 is 15.0 Å². The molecule has 0 aliphatic carbocycles. The Labute approximate surface area is 163 Å². The molecule has 6 heteroatoms. The summed E-state index contributed by atoms with van der Waals surface area (Å²) in [6.07, 6.45) is 1.94. The second-order valence-corrected chi connectivity index (χ2v) is 8.03. The van der Waals surface area contributed by atoms with Crippen molar-refractivity contribution >= 4 is 5.78 Å². The van der Waals surface area contributed by atoms with Gasteiger partial charge in [0.05, 0.1) is 19.8 Å². The fourth-order valence-corrected chi connectivity index (χ4v) is 4.76. The summed E-state index contributed by atoms with van der Waals surface area (Å²) in [5, 5.41) is 0. The van der Waals surface area contributed by atoms with Gasteiger partial charge < -0.3 is 14.0 Å². The van der Waals surface area contributed by atoms with E-state index in [-0.39, 0.29) is 11.3 Å². The number of rotatable bonds is 3. The van der Waals surface area contributed by atoms with Crippen molar-refractivity contribution in [1.29, 1.82) is 0 Å². The average Bonchev–Trinajstić information content (AvgIpc) is 2.93. The van der Waals surface area contributed by atoms with Gasteiger partial charge in [-0.05, 0) is 36.6 Å². The Morgan fingerprint density at radius 2 is 1.89 bits per heavy atom. The number of fused-ring (bicyclic) bond motifs is 5. The van der Waals surface area contributed by atoms with Crippen LogP contribution in [0.5, 0.6) is 11.5 Å². The quantitative estimate of drug-likeness (QED) is 0.765. The number of hydrogen-bond donors (Lipinski definition) is 0. The second kappa shape index (κ2) is 7.09. The zero-order valence-electron chi connectivity index (χ0n) is 15.8. The summed E-state index contributed by atoms with van der Waals surface area (Å²) in [4.78, 5) is 27.3. The lowest BCUT2D eigenvalue weighted by Gasteiger charge is -2.42. The summed E-state index contributed by atoms with van der Waals surface area (Å²) in [6.45, 7) is 4.06. The number of likely N-dealkylation sites (tertiary alicyclic amines) is 1. The maximum atomic E-state index is 12.9. The first-order valence-corrected chi connectivity index (χ1v) is 10.0. The number of ketones is 1. The van der Waals surface area contributed by atoms with E-state index in [1.165, 1.54) is 0 Å². The smallest absolute Gasteiger partial charge is 0.250 e. The first-order valence-electron chi connectivity index (χ1n) is 10.0. The number of pyridine rings is 1. The van der Waals surface area contributed by atoms with Crippen molar-refractivity contribution in [3.63, 3.8) is 0 Å². The van der Waals surface area contributed by atoms with Gasteiger partial charge in [0, 0.05) is 49.3 Å². The third kappa shape index (κ3) is 3.22. The van der Waals surface area contributed by atoms with Crippen molar-refractivity contribution in [2.45, 2.75) is 25.3 Å². The number of Topliss-reactive ketones (excluding diaryl/α,β-unsaturated/α-hetero) is 1. The summed E-state index contributed by atoms with van der Waals surface area (Å²) in [6, 6.07) is 11.0. The molecule has 0 amide bonds. The highest BCUT2D eigenvalue weighted by Gasteiger charge is 2.35. The van der Waals surface area contributed by atoms with Gasteiger partial charge in [-0.3, -0.25) is 14.5 Å². The van der Waals surface area contributed by atoms with Crippen LogP contribution in [0.15, 0.2) is 41.2 Å². The van der Waals surface area contributed by atoms with Gasteiger partial charge in [0.25, 0.3) is 5.56 Å². The minimum absolute atomic E-state index is 0.0870. The predicted molar refractivity (Wildman–Crippen MR) is 104 cm³/mol. The van der Waals surface area contributed by atoms with Crippen molar-refractivity contribution in [2.24, 2.45) is 5.92 Å². The molecule has 0 radical (unpaired) electrons. The summed E-state index contributed by atoms with van der Waals surface area (Å²) < 4.78 is 13.3. The standard InChI is InChI=1S/C22H24N2O4/c25-19(16-5-6-20-21(10-16)28-8-2-7-27-20)14-23-11-15-9-17(13-23)18-3-1-4-22(26)24(18)12-15/h1,3-6,10,15,17H,2,7-9,11-14H2/t15-,17-/m0/s1. The van der Waals surface area contributed by atoms with Crippen LogP contribution in [0.4, 0.5) is 0 Å². The monoisotopic (exact) mass is 380 g/mol. The molecule has 146 valence electrons. The summed E-state index contributed by atoms with van der Waals surface area (Å²) in [5.74, 6) is 2.21. The summed E-state index contributed by atoms with van der Waals surface area (Å²) in [7, 11) is 0. The average molecular weight is 380 g/mol. The number of nitrogens with zero attached hydrogens (tertiary/aromatic N) is 2. The van der Waals surface area contributed by atoms with Crippen molar-refractivity contribution in [3.05, 3.63) is 58.0 Å². The Kier molecular flexibility index (Phi) is 4.43. The van der Waals surface area contributed by atoms with E-state index in [0.717, 1.165) is 38.2 Å². The molecule has 2 aromatic rings. The molecule has 6 nitrogen and oxygen atoms in total. The lowest BCUT2D eigenvalue weighted by atomic mass is 9.83. The first-order chi connectivity index (χ1) is 13.7. The highest BCUT2D eigenvalue weighted by molar-refractivity contribution is 5.98. The minimum atomic E-state index is 0.0870. The van der Waals surface area contributed by atoms with Gasteiger partial charge in [-0.2, -0.15) is 0 Å². The fourth-order valence-electron chi connectivity index (χ4n) is 4.76. The Bertz CT molecular complexity index is 967. The van der Waals surface area contributed by atoms with E-state index >= 15 is 0 Å². The Morgan fingerprint density at radius 3 is 2.79 bits per heavy atom. The molecular weight excluding hydrogens is 356 g/mol. The molecule has 2 bridgehead atoms. The molecular formula is C22H24N2O4. The van der Waals surface area contributed by atoms with E-state index in [2.05, 4.69) is 11.0 Å². The van der Waals surface area contributed by atoms with Crippen LogP contribution in [0.2, 0.25) is 0 Å². The van der Waals surface area contributed by atoms with Crippen LogP contribution in [0, 0.1) is 5.92 Å². The predicted octanol–water partition coefficient (Wildman–Crippen LogP) is 2.31. The molecule has 5 rings (SSSR count). The van der Waals surface area contributed by atoms with E-state index in [0.29, 0.717) is 48.7 Å². The van der Waals surface area contributed by atoms with Gasteiger partial charge in [0.2, 0.25) is 0 Å². The van der Waals surface area contributed by atoms with Crippen LogP contribution in [-0.4, -0.2) is 48.1 Å². The van der Waals surface area contributed by atoms with Gasteiger partial charge in [0.15, 0.2) is 17.3 Å². The molecule has 1 fully saturated rings. The third-order valence-corrected chi connectivity index (χ3v) is 5.99. The summed E-state index contributed by atoms with van der Waals surface area (Å²) >= 11 is 0. The molecule has 1 aromatic heterocycles. The molecule has 3 aliphatic heterocycles. The number of piperidine rings is 1. The molecule has 3 aliphatic rings. The SMILES string of the molecule is O=C(CN1C[C@@H]2C[C@@H](C1)c1cccc(=O)n1C2)c1ccc2c(c1)OCCCO2. The molecule has 0 spiro atoms. The topological polar surface area (TPSA) is 60.8 Å². The molecule has 0 N–H and O–H groups in total. The van der Waals surface area contributed by atoms with Crippen molar-refractivity contribution < 1.29 is 14.3 Å². The number of carbonyl (C=O) groups excluding carboxylic acids is 1. The summed E-state index contributed by atoms with van der Waals surface area (Å²) in [5.41, 5.74) is 1.86. The zero-order valence-corrected chi connectivity index (χ0v) is 15.8. The lowest BCUT2D eigenvalue weighted by Crippen LogP contribution is -2.48. The molecule has 0 unspecified atom stereocenters. The van der Waals surface area contributed by atoms with E-state index in [1.807, 2.05) is 28.8 Å². The number of ether oxygens (including phenoxy) is 2. The largest absolute Gasteiger partial charge is 0.490 e. The number of hydrogen-bond acceptors (Lipinski definition) is 5. The van der Waals surface area contributed by atoms with E-state index in [1.54, 1.807) is 6.07 Å². The van der Waals surface area contributed by atoms with E-state index < -0.39 is 0 Å². The Morgan fingerprint density at radius 1 is 1.04 bits per heavy atom. The molecule has 28 heavy (non-hydrogen) atoms. The van der Waals surface area contributed by atoms with Gasteiger partial charge in [0.1, 0.15) is 0 Å². The van der Waals surface area contributed by atoms with Crippen molar-refractivity contribution in [1.82, 2.24) is 9.47 Å². The van der Waals surface area contributed by atoms with Gasteiger partial charge >= 0.3 is 0 Å². The number of aromatic nitrogens is 1. The van der Waals surface area contributed by atoms with Gasteiger partial charge in [-0.1, -0.05) is 6.07 Å². The van der Waals surface area contributed by atoms with Crippen LogP contribution in [0.1, 0.15) is 34.8 Å². The first kappa shape index (κ1) is 17.5.